The number of hydrogen-bond acceptors (Lipinski definition) is 7. The maximum Gasteiger partial charge on any atom is 0.471 e. The number of hydrogen-bond donors (Lipinski definition) is 2. The highest BCUT2D eigenvalue weighted by atomic mass is 31.2. The zero-order valence-electron chi connectivity index (χ0n) is 18.3. The van der Waals surface area contributed by atoms with Gasteiger partial charge in [0.25, 0.3) is 0 Å². The van der Waals surface area contributed by atoms with E-state index in [1.807, 2.05) is 18.2 Å². The zero-order chi connectivity index (χ0) is 22.3. The van der Waals surface area contributed by atoms with E-state index in [9.17, 15) is 4.57 Å². The first-order valence-electron chi connectivity index (χ1n) is 10.8. The van der Waals surface area contributed by atoms with Crippen LogP contribution in [-0.2, 0) is 25.0 Å². The summed E-state index contributed by atoms with van der Waals surface area (Å²) in [6.07, 6.45) is 6.20. The molecule has 1 aliphatic heterocycles. The van der Waals surface area contributed by atoms with Crippen molar-refractivity contribution in [2.24, 2.45) is 0 Å². The average Bonchev–Trinajstić information content (AvgIpc) is 3.21. The molecule has 2 fully saturated rings. The van der Waals surface area contributed by atoms with Crippen LogP contribution in [0.15, 0.2) is 18.2 Å². The third-order valence-corrected chi connectivity index (χ3v) is 6.45. The van der Waals surface area contributed by atoms with Crippen molar-refractivity contribution < 1.29 is 37.8 Å². The molecule has 1 saturated carbocycles. The summed E-state index contributed by atoms with van der Waals surface area (Å²) in [7, 11) is -1.23. The summed E-state index contributed by atoms with van der Waals surface area (Å²) >= 11 is 0. The van der Waals surface area contributed by atoms with Crippen LogP contribution < -0.4 is 9.47 Å². The van der Waals surface area contributed by atoms with Crippen molar-refractivity contribution in [3.8, 4) is 11.5 Å². The summed E-state index contributed by atoms with van der Waals surface area (Å²) in [6, 6.07) is 6.28. The summed E-state index contributed by atoms with van der Waals surface area (Å²) in [6.45, 7) is 1.87. The molecule has 1 aromatic rings. The van der Waals surface area contributed by atoms with E-state index in [-0.39, 0.29) is 12.2 Å². The van der Waals surface area contributed by atoms with Crippen LogP contribution in [0.4, 0.5) is 0 Å². The molecule has 176 valence electrons. The van der Waals surface area contributed by atoms with Gasteiger partial charge in [-0.15, -0.1) is 0 Å². The molecule has 0 aromatic heterocycles. The molecular weight excluding hydrogens is 425 g/mol. The Morgan fingerprint density at radius 2 is 1.84 bits per heavy atom. The molecule has 3 rings (SSSR count). The minimum atomic E-state index is -4.50. The maximum absolute atomic E-state index is 10.8. The highest BCUT2D eigenvalue weighted by Crippen LogP contribution is 2.36. The van der Waals surface area contributed by atoms with Crippen molar-refractivity contribution in [3.05, 3.63) is 23.8 Å². The molecule has 1 heterocycles. The molecule has 10 heteroatoms. The monoisotopic (exact) mass is 459 g/mol. The fraction of sp³-hybridized carbons (Fsp3) is 0.714. The van der Waals surface area contributed by atoms with Gasteiger partial charge >= 0.3 is 7.82 Å². The normalized spacial score (nSPS) is 25.0. The minimum absolute atomic E-state index is 0.0825. The van der Waals surface area contributed by atoms with Crippen LogP contribution in [0.3, 0.4) is 0 Å². The van der Waals surface area contributed by atoms with Gasteiger partial charge in [0, 0.05) is 19.1 Å². The summed E-state index contributed by atoms with van der Waals surface area (Å²) in [5.74, 6) is 1.44. The van der Waals surface area contributed by atoms with E-state index in [0.717, 1.165) is 55.8 Å². The molecule has 1 saturated heterocycles. The van der Waals surface area contributed by atoms with Crippen molar-refractivity contribution in [1.82, 2.24) is 4.90 Å². The average molecular weight is 459 g/mol. The number of methoxy groups -OCH3 is 2. The van der Waals surface area contributed by atoms with Crippen LogP contribution in [0.25, 0.3) is 0 Å². The van der Waals surface area contributed by atoms with Crippen molar-refractivity contribution in [2.75, 3.05) is 40.7 Å². The molecule has 2 N–H and O–H groups in total. The Hall–Kier alpha value is -1.19. The topological polar surface area (TPSA) is 107 Å². The molecule has 0 radical (unpaired) electrons. The Kier molecular flexibility index (Phi) is 9.16. The van der Waals surface area contributed by atoms with Crippen LogP contribution in [0.5, 0.6) is 11.5 Å². The van der Waals surface area contributed by atoms with Gasteiger partial charge < -0.3 is 28.7 Å². The van der Waals surface area contributed by atoms with Gasteiger partial charge in [-0.05, 0) is 43.4 Å². The number of likely N-dealkylation sites (tertiary alicyclic amines) is 1. The highest BCUT2D eigenvalue weighted by molar-refractivity contribution is 7.46. The van der Waals surface area contributed by atoms with E-state index < -0.39 is 14.6 Å². The number of phosphoric ester groups is 1. The molecule has 31 heavy (non-hydrogen) atoms. The summed E-state index contributed by atoms with van der Waals surface area (Å²) in [5, 5.41) is 0. The largest absolute Gasteiger partial charge is 0.493 e. The standard InChI is InChI=1S/C21H34NO8P/c1-26-20-8-7-16(13-21(20)27-2)10-12-28-19-6-4-3-5-18(19)22-11-9-17(14-22)29-15-30-31(23,24)25/h7-8,13,17-19H,3-6,9-12,14-15H2,1-2H3,(H2,23,24,25)/t17-,18-,19-/m1/s1. The van der Waals surface area contributed by atoms with Gasteiger partial charge in [-0.3, -0.25) is 9.42 Å². The lowest BCUT2D eigenvalue weighted by molar-refractivity contribution is -0.0552. The lowest BCUT2D eigenvalue weighted by Crippen LogP contribution is -2.46. The Morgan fingerprint density at radius 1 is 1.06 bits per heavy atom. The van der Waals surface area contributed by atoms with E-state index in [1.165, 1.54) is 12.8 Å². The number of benzene rings is 1. The molecule has 1 aliphatic carbocycles. The number of rotatable bonds is 11. The number of phosphoric acid groups is 1. The first kappa shape index (κ1) is 24.5. The van der Waals surface area contributed by atoms with Gasteiger partial charge in [-0.25, -0.2) is 4.57 Å². The molecule has 9 nitrogen and oxygen atoms in total. The Bertz CT molecular complexity index is 742. The van der Waals surface area contributed by atoms with Gasteiger partial charge in [-0.1, -0.05) is 18.9 Å². The van der Waals surface area contributed by atoms with Crippen molar-refractivity contribution in [2.45, 2.75) is 56.8 Å². The van der Waals surface area contributed by atoms with Gasteiger partial charge in [0.1, 0.15) is 0 Å². The molecule has 0 bridgehead atoms. The van der Waals surface area contributed by atoms with E-state index in [0.29, 0.717) is 12.6 Å². The lowest BCUT2D eigenvalue weighted by Gasteiger charge is -2.37. The van der Waals surface area contributed by atoms with Crippen LogP contribution in [-0.4, -0.2) is 73.6 Å². The molecule has 0 unspecified atom stereocenters. The second-order valence-corrected chi connectivity index (χ2v) is 9.25. The maximum atomic E-state index is 10.8. The van der Waals surface area contributed by atoms with Crippen molar-refractivity contribution >= 4 is 7.82 Å². The summed E-state index contributed by atoms with van der Waals surface area (Å²) < 4.78 is 37.7. The second-order valence-electron chi connectivity index (χ2n) is 8.01. The Morgan fingerprint density at radius 3 is 2.58 bits per heavy atom. The van der Waals surface area contributed by atoms with Crippen molar-refractivity contribution in [3.63, 3.8) is 0 Å². The van der Waals surface area contributed by atoms with E-state index >= 15 is 0 Å². The second kappa shape index (κ2) is 11.6. The van der Waals surface area contributed by atoms with Gasteiger partial charge in [0.15, 0.2) is 18.3 Å². The molecule has 3 atom stereocenters. The third-order valence-electron chi connectivity index (χ3n) is 6.01. The van der Waals surface area contributed by atoms with Crippen LogP contribution in [0.1, 0.15) is 37.7 Å². The third kappa shape index (κ3) is 7.43. The molecule has 0 amide bonds. The minimum Gasteiger partial charge on any atom is -0.493 e. The Balaban J connectivity index is 1.47. The van der Waals surface area contributed by atoms with E-state index in [4.69, 9.17) is 28.7 Å². The van der Waals surface area contributed by atoms with Gasteiger partial charge in [0.2, 0.25) is 0 Å². The molecule has 1 aromatic carbocycles. The Labute approximate surface area is 183 Å². The summed E-state index contributed by atoms with van der Waals surface area (Å²) in [4.78, 5) is 19.9. The molecule has 0 spiro atoms. The van der Waals surface area contributed by atoms with E-state index in [1.54, 1.807) is 14.2 Å². The first-order valence-corrected chi connectivity index (χ1v) is 12.3. The van der Waals surface area contributed by atoms with Crippen LogP contribution in [0.2, 0.25) is 0 Å². The number of ether oxygens (including phenoxy) is 4. The van der Waals surface area contributed by atoms with E-state index in [2.05, 4.69) is 9.42 Å². The predicted octanol–water partition coefficient (Wildman–Crippen LogP) is 2.73. The SMILES string of the molecule is COc1ccc(CCO[C@@H]2CCCC[C@H]2N2CC[C@@H](OCOP(=O)(O)O)C2)cc1OC. The number of nitrogens with zero attached hydrogens (tertiary/aromatic N) is 1. The quantitative estimate of drug-likeness (QED) is 0.382. The highest BCUT2D eigenvalue weighted by Gasteiger charge is 2.35. The summed E-state index contributed by atoms with van der Waals surface area (Å²) in [5.41, 5.74) is 1.14. The van der Waals surface area contributed by atoms with Crippen LogP contribution in [0, 0.1) is 0 Å². The molecule has 2 aliphatic rings. The zero-order valence-corrected chi connectivity index (χ0v) is 19.2. The van der Waals surface area contributed by atoms with Crippen molar-refractivity contribution in [1.29, 1.82) is 0 Å². The predicted molar refractivity (Wildman–Crippen MR) is 114 cm³/mol. The first-order chi connectivity index (χ1) is 14.9. The smallest absolute Gasteiger partial charge is 0.471 e. The van der Waals surface area contributed by atoms with Gasteiger partial charge in [-0.2, -0.15) is 0 Å². The fourth-order valence-corrected chi connectivity index (χ4v) is 4.64. The molecular formula is C21H34NO8P. The van der Waals surface area contributed by atoms with Gasteiger partial charge in [0.05, 0.1) is 33.0 Å². The van der Waals surface area contributed by atoms with Crippen LogP contribution >= 0.6 is 7.82 Å². The lowest BCUT2D eigenvalue weighted by atomic mass is 9.91. The fourth-order valence-electron chi connectivity index (χ4n) is 4.44.